The summed E-state index contributed by atoms with van der Waals surface area (Å²) in [7, 11) is -1.99. The summed E-state index contributed by atoms with van der Waals surface area (Å²) in [6.07, 6.45) is 0.602. The van der Waals surface area contributed by atoms with E-state index in [1.54, 1.807) is 36.4 Å². The van der Waals surface area contributed by atoms with Gasteiger partial charge in [-0.15, -0.1) is 0 Å². The zero-order valence-electron chi connectivity index (χ0n) is 14.1. The second-order valence-corrected chi connectivity index (χ2v) is 7.79. The van der Waals surface area contributed by atoms with Gasteiger partial charge in [-0.05, 0) is 42.8 Å². The zero-order valence-corrected chi connectivity index (χ0v) is 15.0. The summed E-state index contributed by atoms with van der Waals surface area (Å²) >= 11 is 0. The van der Waals surface area contributed by atoms with E-state index in [1.165, 1.54) is 23.5 Å². The average molecular weight is 374 g/mol. The molecule has 0 spiro atoms. The van der Waals surface area contributed by atoms with Gasteiger partial charge in [0.25, 0.3) is 5.91 Å². The van der Waals surface area contributed by atoms with Crippen LogP contribution in [0.2, 0.25) is 0 Å². The molecule has 0 atom stereocenters. The number of nitrogens with zero attached hydrogens (tertiary/aromatic N) is 1. The van der Waals surface area contributed by atoms with Crippen LogP contribution in [-0.4, -0.2) is 39.7 Å². The van der Waals surface area contributed by atoms with E-state index in [-0.39, 0.29) is 16.9 Å². The normalized spacial score (nSPS) is 15.5. The maximum absolute atomic E-state index is 12.5. The Bertz CT molecular complexity index is 938. The highest BCUT2D eigenvalue weighted by atomic mass is 32.2. The molecule has 0 radical (unpaired) electrons. The Morgan fingerprint density at radius 3 is 2.27 bits per heavy atom. The van der Waals surface area contributed by atoms with Crippen LogP contribution in [0.1, 0.15) is 27.1 Å². The molecule has 0 saturated carbocycles. The quantitative estimate of drug-likeness (QED) is 0.829. The molecular weight excluding hydrogens is 356 g/mol. The Hall–Kier alpha value is -2.87. The van der Waals surface area contributed by atoms with E-state index in [0.29, 0.717) is 24.3 Å². The molecule has 1 aliphatic heterocycles. The summed E-state index contributed by atoms with van der Waals surface area (Å²) in [5, 5.41) is 2.70. The molecule has 2 aromatic carbocycles. The van der Waals surface area contributed by atoms with Gasteiger partial charge in [0.05, 0.1) is 29.7 Å². The first-order chi connectivity index (χ1) is 12.4. The molecule has 3 rings (SSSR count). The van der Waals surface area contributed by atoms with Gasteiger partial charge in [0.2, 0.25) is 10.0 Å². The molecule has 1 heterocycles. The third kappa shape index (κ3) is 3.55. The second kappa shape index (κ2) is 7.17. The fourth-order valence-electron chi connectivity index (χ4n) is 2.81. The average Bonchev–Trinajstić information content (AvgIpc) is 3.00. The molecule has 1 amide bonds. The minimum Gasteiger partial charge on any atom is -0.465 e. The van der Waals surface area contributed by atoms with Crippen molar-refractivity contribution in [2.45, 2.75) is 6.42 Å². The molecular formula is C18H18N2O5S. The Morgan fingerprint density at radius 2 is 1.69 bits per heavy atom. The van der Waals surface area contributed by atoms with E-state index in [2.05, 4.69) is 10.1 Å². The van der Waals surface area contributed by atoms with Gasteiger partial charge in [0.15, 0.2) is 0 Å². The number of esters is 1. The van der Waals surface area contributed by atoms with E-state index in [4.69, 9.17) is 0 Å². The van der Waals surface area contributed by atoms with Crippen molar-refractivity contribution in [2.24, 2.45) is 0 Å². The smallest absolute Gasteiger partial charge is 0.338 e. The third-order valence-electron chi connectivity index (χ3n) is 4.09. The van der Waals surface area contributed by atoms with Crippen LogP contribution in [0.25, 0.3) is 0 Å². The monoisotopic (exact) mass is 374 g/mol. The lowest BCUT2D eigenvalue weighted by Crippen LogP contribution is -2.25. The van der Waals surface area contributed by atoms with E-state index in [0.717, 1.165) is 0 Å². The molecule has 1 saturated heterocycles. The van der Waals surface area contributed by atoms with Crippen LogP contribution >= 0.6 is 0 Å². The summed E-state index contributed by atoms with van der Waals surface area (Å²) in [4.78, 5) is 24.3. The molecule has 0 aliphatic carbocycles. The minimum absolute atomic E-state index is 0.149. The summed E-state index contributed by atoms with van der Waals surface area (Å²) < 4.78 is 30.0. The largest absolute Gasteiger partial charge is 0.465 e. The SMILES string of the molecule is COC(=O)c1ccccc1C(=O)Nc1ccc(N2CCCS2(=O)=O)cc1. The zero-order chi connectivity index (χ0) is 18.7. The summed E-state index contributed by atoms with van der Waals surface area (Å²) in [6, 6.07) is 12.9. The fraction of sp³-hybridized carbons (Fsp3) is 0.222. The molecule has 0 bridgehead atoms. The molecule has 0 aromatic heterocycles. The van der Waals surface area contributed by atoms with Crippen LogP contribution in [0.15, 0.2) is 48.5 Å². The van der Waals surface area contributed by atoms with Crippen molar-refractivity contribution in [1.82, 2.24) is 0 Å². The maximum atomic E-state index is 12.5. The number of nitrogens with one attached hydrogen (secondary N) is 1. The van der Waals surface area contributed by atoms with Crippen molar-refractivity contribution >= 4 is 33.3 Å². The number of benzene rings is 2. The van der Waals surface area contributed by atoms with Crippen molar-refractivity contribution in [3.8, 4) is 0 Å². The first-order valence-corrected chi connectivity index (χ1v) is 9.62. The van der Waals surface area contributed by atoms with Gasteiger partial charge in [-0.25, -0.2) is 13.2 Å². The number of amides is 1. The lowest BCUT2D eigenvalue weighted by atomic mass is 10.1. The van der Waals surface area contributed by atoms with E-state index in [9.17, 15) is 18.0 Å². The molecule has 8 heteroatoms. The van der Waals surface area contributed by atoms with Crippen molar-refractivity contribution in [1.29, 1.82) is 0 Å². The number of carbonyl (C=O) groups excluding carboxylic acids is 2. The standard InChI is InChI=1S/C18H18N2O5S/c1-25-18(22)16-6-3-2-5-15(16)17(21)19-13-7-9-14(10-8-13)20-11-4-12-26(20,23)24/h2-3,5-10H,4,11-12H2,1H3,(H,19,21). The van der Waals surface area contributed by atoms with Gasteiger partial charge in [-0.1, -0.05) is 12.1 Å². The number of hydrogen-bond donors (Lipinski definition) is 1. The Kier molecular flexibility index (Phi) is 4.94. The number of sulfonamides is 1. The predicted molar refractivity (Wildman–Crippen MR) is 97.9 cm³/mol. The van der Waals surface area contributed by atoms with Crippen LogP contribution in [0.5, 0.6) is 0 Å². The van der Waals surface area contributed by atoms with Crippen LogP contribution in [-0.2, 0) is 14.8 Å². The van der Waals surface area contributed by atoms with Crippen LogP contribution in [0, 0.1) is 0 Å². The molecule has 1 N–H and O–H groups in total. The molecule has 2 aromatic rings. The number of hydrogen-bond acceptors (Lipinski definition) is 5. The number of anilines is 2. The highest BCUT2D eigenvalue weighted by Gasteiger charge is 2.28. The molecule has 1 aliphatic rings. The second-order valence-electron chi connectivity index (χ2n) is 5.78. The fourth-order valence-corrected chi connectivity index (χ4v) is 4.37. The topological polar surface area (TPSA) is 92.8 Å². The first kappa shape index (κ1) is 17.9. The molecule has 136 valence electrons. The Morgan fingerprint density at radius 1 is 1.04 bits per heavy atom. The van der Waals surface area contributed by atoms with Gasteiger partial charge < -0.3 is 10.1 Å². The predicted octanol–water partition coefficient (Wildman–Crippen LogP) is 2.27. The van der Waals surface area contributed by atoms with Crippen LogP contribution < -0.4 is 9.62 Å². The molecule has 7 nitrogen and oxygen atoms in total. The van der Waals surface area contributed by atoms with E-state index < -0.39 is 21.9 Å². The Balaban J connectivity index is 1.78. The van der Waals surface area contributed by atoms with Crippen molar-refractivity contribution in [3.63, 3.8) is 0 Å². The van der Waals surface area contributed by atoms with Crippen LogP contribution in [0.3, 0.4) is 0 Å². The van der Waals surface area contributed by atoms with Gasteiger partial charge in [-0.3, -0.25) is 9.10 Å². The lowest BCUT2D eigenvalue weighted by molar-refractivity contribution is 0.0597. The summed E-state index contributed by atoms with van der Waals surface area (Å²) in [5.41, 5.74) is 1.43. The number of carbonyl (C=O) groups is 2. The summed E-state index contributed by atoms with van der Waals surface area (Å²) in [5.74, 6) is -0.895. The van der Waals surface area contributed by atoms with Crippen molar-refractivity contribution in [2.75, 3.05) is 29.0 Å². The van der Waals surface area contributed by atoms with E-state index in [1.807, 2.05) is 0 Å². The number of methoxy groups -OCH3 is 1. The number of ether oxygens (including phenoxy) is 1. The molecule has 0 unspecified atom stereocenters. The van der Waals surface area contributed by atoms with Crippen molar-refractivity contribution in [3.05, 3.63) is 59.7 Å². The lowest BCUT2D eigenvalue weighted by Gasteiger charge is -2.17. The number of rotatable bonds is 4. The maximum Gasteiger partial charge on any atom is 0.338 e. The van der Waals surface area contributed by atoms with Crippen LogP contribution in [0.4, 0.5) is 11.4 Å². The van der Waals surface area contributed by atoms with Crippen molar-refractivity contribution < 1.29 is 22.7 Å². The van der Waals surface area contributed by atoms with Gasteiger partial charge in [0, 0.05) is 12.2 Å². The van der Waals surface area contributed by atoms with Gasteiger partial charge >= 0.3 is 5.97 Å². The third-order valence-corrected chi connectivity index (χ3v) is 5.96. The highest BCUT2D eigenvalue weighted by Crippen LogP contribution is 2.25. The van der Waals surface area contributed by atoms with E-state index >= 15 is 0 Å². The summed E-state index contributed by atoms with van der Waals surface area (Å²) in [6.45, 7) is 0.459. The highest BCUT2D eigenvalue weighted by molar-refractivity contribution is 7.93. The minimum atomic E-state index is -3.24. The molecule has 26 heavy (non-hydrogen) atoms. The van der Waals surface area contributed by atoms with Gasteiger partial charge in [0.1, 0.15) is 0 Å². The molecule has 1 fully saturated rings. The Labute approximate surface area is 151 Å². The van der Waals surface area contributed by atoms with Gasteiger partial charge in [-0.2, -0.15) is 0 Å². The first-order valence-electron chi connectivity index (χ1n) is 8.01.